The standard InChI is InChI=1S/C18H19BO2S.C18H10ClNO2S.C18H10ClNS.C6H3BrClNO2.2CH4/c1-17(2)18(3,4)21-19(20-17)12-9-10-14-13-7-5-6-8-15(13)22-16(14)11-12;19-12-6-8-13(16(10-12)20(21)22)11-5-7-15-14-3-1-2-4-17(14)23-18(15)9-11;19-10-5-6-11-13-7-8-14-12-3-1-2-4-16(12)21-18(14)17(13)20-15(11)9-10;7-5-2-1-4(8)3-6(5)9(10)11;;/h5-11H,1-4H3;1-10H;1-9,20H;1-3H;2*1H4. The van der Waals surface area contributed by atoms with Gasteiger partial charge in [0, 0.05) is 99.3 Å². The highest BCUT2D eigenvalue weighted by molar-refractivity contribution is 9.10. The summed E-state index contributed by atoms with van der Waals surface area (Å²) in [5.41, 5.74) is 4.23. The van der Waals surface area contributed by atoms with Crippen molar-refractivity contribution >= 4 is 191 Å². The molecule has 0 saturated carbocycles. The number of benzene rings is 9. The second-order valence-corrected chi connectivity index (χ2v) is 24.7. The molecule has 1 N–H and O–H groups in total. The van der Waals surface area contributed by atoms with Gasteiger partial charge in [0.1, 0.15) is 0 Å². The number of nitrogens with zero attached hydrogens (tertiary/aromatic N) is 2. The molecule has 0 amide bonds. The molecule has 14 rings (SSSR count). The van der Waals surface area contributed by atoms with Crippen LogP contribution in [0.1, 0.15) is 42.5 Å². The summed E-state index contributed by atoms with van der Waals surface area (Å²) in [5, 5.41) is 33.2. The summed E-state index contributed by atoms with van der Waals surface area (Å²) in [7, 11) is -0.292. The van der Waals surface area contributed by atoms with Crippen LogP contribution in [-0.2, 0) is 9.31 Å². The molecule has 1 fully saturated rings. The van der Waals surface area contributed by atoms with Crippen molar-refractivity contribution in [2.45, 2.75) is 53.8 Å². The topological polar surface area (TPSA) is 121 Å². The van der Waals surface area contributed by atoms with Crippen LogP contribution in [0.25, 0.3) is 93.4 Å². The van der Waals surface area contributed by atoms with Crippen LogP contribution in [0.4, 0.5) is 11.4 Å². The number of rotatable bonds is 4. The molecule has 9 aromatic carbocycles. The maximum Gasteiger partial charge on any atom is 0.494 e. The number of nitrogens with one attached hydrogen (secondary N) is 1. The van der Waals surface area contributed by atoms with Crippen LogP contribution in [0.5, 0.6) is 0 Å². The molecule has 1 saturated heterocycles. The summed E-state index contributed by atoms with van der Waals surface area (Å²) in [6.45, 7) is 8.35. The minimum absolute atomic E-state index is 0. The van der Waals surface area contributed by atoms with Gasteiger partial charge < -0.3 is 14.3 Å². The number of aromatic amines is 1. The lowest BCUT2D eigenvalue weighted by atomic mass is 9.79. The van der Waals surface area contributed by atoms with Crippen molar-refractivity contribution in [2.75, 3.05) is 0 Å². The Hall–Kier alpha value is -6.43. The molecule has 13 aromatic rings. The van der Waals surface area contributed by atoms with Gasteiger partial charge in [0.05, 0.1) is 41.3 Å². The Kier molecular flexibility index (Phi) is 16.7. The van der Waals surface area contributed by atoms with Crippen LogP contribution in [0, 0.1) is 20.2 Å². The lowest BCUT2D eigenvalue weighted by Crippen LogP contribution is -2.41. The molecule has 79 heavy (non-hydrogen) atoms. The van der Waals surface area contributed by atoms with E-state index < -0.39 is 9.85 Å². The van der Waals surface area contributed by atoms with Gasteiger partial charge in [0.2, 0.25) is 0 Å². The fourth-order valence-electron chi connectivity index (χ4n) is 9.41. The second kappa shape index (κ2) is 23.0. The Labute approximate surface area is 491 Å². The number of hydrogen-bond donors (Lipinski definition) is 1. The molecule has 0 bridgehead atoms. The quantitative estimate of drug-likeness (QED) is 0.106. The summed E-state index contributed by atoms with van der Waals surface area (Å²) in [6, 6.07) is 57.5. The van der Waals surface area contributed by atoms with E-state index in [1.807, 2.05) is 65.1 Å². The van der Waals surface area contributed by atoms with Crippen molar-refractivity contribution in [3.8, 4) is 11.1 Å². The van der Waals surface area contributed by atoms with Gasteiger partial charge in [-0.1, -0.05) is 147 Å². The van der Waals surface area contributed by atoms with E-state index in [1.165, 1.54) is 84.2 Å². The van der Waals surface area contributed by atoms with Crippen molar-refractivity contribution in [3.05, 3.63) is 216 Å². The zero-order chi connectivity index (χ0) is 53.9. The second-order valence-electron chi connectivity index (χ2n) is 19.3. The van der Waals surface area contributed by atoms with Crippen LogP contribution in [-0.4, -0.2) is 33.2 Å². The van der Waals surface area contributed by atoms with Gasteiger partial charge in [-0.05, 0) is 121 Å². The number of fused-ring (bicyclic) bond motifs is 13. The Morgan fingerprint density at radius 3 is 1.54 bits per heavy atom. The molecule has 1 aliphatic rings. The molecule has 0 aliphatic carbocycles. The molecule has 9 nitrogen and oxygen atoms in total. The Morgan fingerprint density at radius 1 is 0.494 bits per heavy atom. The smallest absolute Gasteiger partial charge is 0.399 e. The maximum atomic E-state index is 11.3. The predicted molar refractivity (Wildman–Crippen MR) is 344 cm³/mol. The molecule has 17 heteroatoms. The molecule has 0 radical (unpaired) electrons. The van der Waals surface area contributed by atoms with E-state index in [0.717, 1.165) is 26.3 Å². The Bertz CT molecular complexity index is 4460. The monoisotopic (exact) mass is 1220 g/mol. The highest BCUT2D eigenvalue weighted by Gasteiger charge is 2.51. The number of halogens is 4. The SMILES string of the molecule is C.C.CC1(C)OB(c2ccc3c(c2)sc2ccccc23)OC1(C)C.Clc1ccc2c(c1)[nH]c1c2ccc2c3ccccc3sc21.O=[N+]([O-])c1cc(Cl)ccc1-c1ccc2c(c1)sc1ccccc12.O=[N+]([O-])c1cc(Cl)ccc1Br. The molecular weight excluding hydrogens is 1180 g/mol. The van der Waals surface area contributed by atoms with Crippen LogP contribution in [0.3, 0.4) is 0 Å². The van der Waals surface area contributed by atoms with E-state index in [4.69, 9.17) is 44.1 Å². The molecule has 1 aliphatic heterocycles. The molecule has 0 spiro atoms. The number of H-pyrrole nitrogens is 1. The van der Waals surface area contributed by atoms with Gasteiger partial charge in [-0.15, -0.1) is 34.0 Å². The maximum absolute atomic E-state index is 11.3. The molecular formula is C62H50BBrCl3N3O6S3. The van der Waals surface area contributed by atoms with Gasteiger partial charge >= 0.3 is 7.12 Å². The first-order chi connectivity index (χ1) is 36.9. The third-order valence-electron chi connectivity index (χ3n) is 14.0. The minimum atomic E-state index is -0.490. The number of thiophene rings is 3. The minimum Gasteiger partial charge on any atom is -0.399 e. The predicted octanol–water partition coefficient (Wildman–Crippen LogP) is 21.3. The summed E-state index contributed by atoms with van der Waals surface area (Å²) >= 11 is 25.9. The summed E-state index contributed by atoms with van der Waals surface area (Å²) < 4.78 is 20.3. The zero-order valence-electron chi connectivity index (χ0n) is 41.4. The third kappa shape index (κ3) is 11.2. The van der Waals surface area contributed by atoms with Crippen LogP contribution in [0.2, 0.25) is 15.1 Å². The van der Waals surface area contributed by atoms with Gasteiger partial charge in [-0.3, -0.25) is 20.2 Å². The van der Waals surface area contributed by atoms with E-state index in [0.29, 0.717) is 20.1 Å². The van der Waals surface area contributed by atoms with Crippen LogP contribution in [0.15, 0.2) is 180 Å². The van der Waals surface area contributed by atoms with Crippen LogP contribution < -0.4 is 5.46 Å². The van der Waals surface area contributed by atoms with Crippen molar-refractivity contribution in [2.24, 2.45) is 0 Å². The van der Waals surface area contributed by atoms with Gasteiger partial charge in [0.15, 0.2) is 0 Å². The Morgan fingerprint density at radius 2 is 0.949 bits per heavy atom. The molecule has 5 heterocycles. The normalized spacial score (nSPS) is 13.4. The van der Waals surface area contributed by atoms with Gasteiger partial charge in [-0.2, -0.15) is 0 Å². The molecule has 398 valence electrons. The largest absolute Gasteiger partial charge is 0.494 e. The number of nitro benzene ring substituents is 2. The van der Waals surface area contributed by atoms with E-state index in [1.54, 1.807) is 35.6 Å². The first kappa shape index (κ1) is 57.3. The summed E-state index contributed by atoms with van der Waals surface area (Å²) in [6.07, 6.45) is 0. The number of aromatic nitrogens is 1. The fraction of sp³-hybridized carbons (Fsp3) is 0.129. The van der Waals surface area contributed by atoms with Crippen molar-refractivity contribution in [3.63, 3.8) is 0 Å². The third-order valence-corrected chi connectivity index (χ3v) is 18.8. The first-order valence-corrected chi connectivity index (χ1v) is 28.5. The number of hydrogen-bond acceptors (Lipinski definition) is 9. The van der Waals surface area contributed by atoms with Crippen molar-refractivity contribution in [1.29, 1.82) is 0 Å². The highest BCUT2D eigenvalue weighted by Crippen LogP contribution is 2.43. The molecule has 0 atom stereocenters. The van der Waals surface area contributed by atoms with E-state index in [2.05, 4.69) is 146 Å². The van der Waals surface area contributed by atoms with E-state index >= 15 is 0 Å². The van der Waals surface area contributed by atoms with E-state index in [-0.39, 0.29) is 44.5 Å². The Balaban J connectivity index is 0.000000130. The summed E-state index contributed by atoms with van der Waals surface area (Å²) in [4.78, 5) is 24.3. The average Bonchev–Trinajstić information content (AvgIpc) is 4.28. The van der Waals surface area contributed by atoms with Gasteiger partial charge in [0.25, 0.3) is 11.4 Å². The molecule has 0 unspecified atom stereocenters. The number of nitro groups is 2. The zero-order valence-corrected chi connectivity index (χ0v) is 47.7. The lowest BCUT2D eigenvalue weighted by molar-refractivity contribution is -0.385. The first-order valence-electron chi connectivity index (χ1n) is 24.2. The highest BCUT2D eigenvalue weighted by atomic mass is 79.9. The van der Waals surface area contributed by atoms with Crippen molar-refractivity contribution < 1.29 is 19.2 Å². The average molecular weight is 1230 g/mol. The van der Waals surface area contributed by atoms with Gasteiger partial charge in [-0.25, -0.2) is 0 Å². The summed E-state index contributed by atoms with van der Waals surface area (Å²) in [5.74, 6) is 0. The fourth-order valence-corrected chi connectivity index (χ4v) is 13.8. The molecule has 4 aromatic heterocycles. The van der Waals surface area contributed by atoms with E-state index in [9.17, 15) is 20.2 Å². The van der Waals surface area contributed by atoms with Crippen LogP contribution >= 0.6 is 84.7 Å². The van der Waals surface area contributed by atoms with Crippen molar-refractivity contribution in [1.82, 2.24) is 4.98 Å². The lowest BCUT2D eigenvalue weighted by Gasteiger charge is -2.32.